The van der Waals surface area contributed by atoms with Crippen LogP contribution in [0.2, 0.25) is 0 Å². The van der Waals surface area contributed by atoms with Crippen LogP contribution in [0.3, 0.4) is 0 Å². The van der Waals surface area contributed by atoms with Gasteiger partial charge in [-0.25, -0.2) is 4.39 Å². The lowest BCUT2D eigenvalue weighted by atomic mass is 9.96. The molecular weight excluding hydrogens is 415 g/mol. The highest BCUT2D eigenvalue weighted by atomic mass is 32.1. The van der Waals surface area contributed by atoms with Crippen molar-refractivity contribution in [2.75, 3.05) is 4.90 Å². The maximum atomic E-state index is 15.3. The lowest BCUT2D eigenvalue weighted by molar-refractivity contribution is 0.172. The zero-order chi connectivity index (χ0) is 21.1. The van der Waals surface area contributed by atoms with Crippen LogP contribution in [0.4, 0.5) is 9.52 Å². The summed E-state index contributed by atoms with van der Waals surface area (Å²) in [5.74, 6) is 0.158. The Morgan fingerprint density at radius 2 is 2.06 bits per heavy atom. The molecule has 4 heterocycles. The van der Waals surface area contributed by atoms with Crippen molar-refractivity contribution in [1.29, 1.82) is 0 Å². The molecule has 3 aromatic rings. The maximum absolute atomic E-state index is 15.3. The molecule has 1 saturated carbocycles. The lowest BCUT2D eigenvalue weighted by Gasteiger charge is -2.40. The van der Waals surface area contributed by atoms with Crippen molar-refractivity contribution in [3.63, 3.8) is 0 Å². The number of piperidine rings is 1. The number of phenols is 1. The minimum absolute atomic E-state index is 0.0403. The summed E-state index contributed by atoms with van der Waals surface area (Å²) >= 11 is 1.44. The summed E-state index contributed by atoms with van der Waals surface area (Å²) in [5, 5.41) is 28.5. The van der Waals surface area contributed by atoms with E-state index >= 15 is 4.39 Å². The zero-order valence-electron chi connectivity index (χ0n) is 17.3. The van der Waals surface area contributed by atoms with Crippen LogP contribution in [0.5, 0.6) is 5.75 Å². The van der Waals surface area contributed by atoms with Gasteiger partial charge in [-0.15, -0.1) is 10.2 Å². The summed E-state index contributed by atoms with van der Waals surface area (Å²) < 4.78 is 17.0. The number of aromatic hydroxyl groups is 1. The summed E-state index contributed by atoms with van der Waals surface area (Å²) in [4.78, 5) is 2.19. The van der Waals surface area contributed by atoms with E-state index in [1.807, 2.05) is 25.4 Å². The van der Waals surface area contributed by atoms with E-state index in [1.165, 1.54) is 11.3 Å². The highest BCUT2D eigenvalue weighted by Crippen LogP contribution is 2.43. The third-order valence-corrected chi connectivity index (χ3v) is 7.72. The molecule has 2 aromatic heterocycles. The lowest BCUT2D eigenvalue weighted by Crippen LogP contribution is -2.57. The fraction of sp³-hybridized carbons (Fsp3) is 0.500. The standard InChI is InChI=1S/C22H25FN6OS/c1-28-11-13(10-24-28)12-2-6-16(19(30)8-12)21-26-27-22(31-21)29(15-4-5-15)18-9-14-3-7-17(25-14)20(18)23/h2,6,8,10-11,14-15,17-18,20,25,30H,3-5,7,9H2,1H3/t14?,17?,18-,20+/m0/s1. The fourth-order valence-corrected chi connectivity index (χ4v) is 6.07. The number of aromatic nitrogens is 4. The van der Waals surface area contributed by atoms with Crippen molar-refractivity contribution in [3.8, 4) is 27.4 Å². The number of phenolic OH excluding ortho intramolecular Hbond substituents is 1. The van der Waals surface area contributed by atoms with E-state index in [0.29, 0.717) is 22.7 Å². The molecule has 3 fully saturated rings. The van der Waals surface area contributed by atoms with Crippen LogP contribution in [0.1, 0.15) is 32.1 Å². The molecule has 9 heteroatoms. The van der Waals surface area contributed by atoms with E-state index < -0.39 is 6.17 Å². The van der Waals surface area contributed by atoms with E-state index in [1.54, 1.807) is 16.9 Å². The number of halogens is 1. The molecule has 0 spiro atoms. The highest BCUT2D eigenvalue weighted by Gasteiger charge is 2.48. The van der Waals surface area contributed by atoms with Gasteiger partial charge in [0.25, 0.3) is 0 Å². The Morgan fingerprint density at radius 3 is 2.81 bits per heavy atom. The summed E-state index contributed by atoms with van der Waals surface area (Å²) in [7, 11) is 1.86. The number of benzene rings is 1. The van der Waals surface area contributed by atoms with Gasteiger partial charge in [0.1, 0.15) is 11.9 Å². The fourth-order valence-electron chi connectivity index (χ4n) is 5.06. The summed E-state index contributed by atoms with van der Waals surface area (Å²) in [5.41, 5.74) is 2.48. The number of hydrogen-bond donors (Lipinski definition) is 2. The second-order valence-electron chi connectivity index (χ2n) is 8.96. The number of alkyl halides is 1. The van der Waals surface area contributed by atoms with E-state index in [0.717, 1.165) is 48.4 Å². The van der Waals surface area contributed by atoms with Crippen LogP contribution < -0.4 is 10.2 Å². The predicted octanol–water partition coefficient (Wildman–Crippen LogP) is 3.51. The van der Waals surface area contributed by atoms with Crippen molar-refractivity contribution in [3.05, 3.63) is 30.6 Å². The van der Waals surface area contributed by atoms with Crippen molar-refractivity contribution >= 4 is 16.5 Å². The largest absolute Gasteiger partial charge is 0.507 e. The Bertz CT molecular complexity index is 1110. The van der Waals surface area contributed by atoms with Crippen molar-refractivity contribution in [2.24, 2.45) is 7.05 Å². The molecule has 4 atom stereocenters. The molecule has 0 radical (unpaired) electrons. The Labute approximate surface area is 183 Å². The van der Waals surface area contributed by atoms with E-state index in [9.17, 15) is 5.11 Å². The van der Waals surface area contributed by atoms with Gasteiger partial charge in [-0.2, -0.15) is 5.10 Å². The molecule has 2 bridgehead atoms. The van der Waals surface area contributed by atoms with Gasteiger partial charge in [0.05, 0.1) is 17.8 Å². The van der Waals surface area contributed by atoms with Gasteiger partial charge in [-0.1, -0.05) is 17.4 Å². The Hall–Kier alpha value is -2.52. The molecule has 1 aliphatic carbocycles. The molecule has 3 aliphatic rings. The molecule has 31 heavy (non-hydrogen) atoms. The van der Waals surface area contributed by atoms with Crippen molar-refractivity contribution < 1.29 is 9.50 Å². The zero-order valence-corrected chi connectivity index (χ0v) is 18.1. The smallest absolute Gasteiger partial charge is 0.209 e. The molecule has 162 valence electrons. The van der Waals surface area contributed by atoms with Crippen LogP contribution in [-0.2, 0) is 7.05 Å². The van der Waals surface area contributed by atoms with Gasteiger partial charge >= 0.3 is 0 Å². The normalized spacial score (nSPS) is 27.5. The molecule has 0 amide bonds. The first-order chi connectivity index (χ1) is 15.1. The number of nitrogens with one attached hydrogen (secondary N) is 1. The summed E-state index contributed by atoms with van der Waals surface area (Å²) in [6, 6.07) is 6.12. The molecule has 2 unspecified atom stereocenters. The Kier molecular flexibility index (Phi) is 4.50. The first-order valence-electron chi connectivity index (χ1n) is 10.9. The summed E-state index contributed by atoms with van der Waals surface area (Å²) in [6.07, 6.45) is 7.72. The second-order valence-corrected chi connectivity index (χ2v) is 9.91. The number of anilines is 1. The summed E-state index contributed by atoms with van der Waals surface area (Å²) in [6.45, 7) is 0. The molecule has 2 aliphatic heterocycles. The maximum Gasteiger partial charge on any atom is 0.209 e. The number of rotatable bonds is 5. The third kappa shape index (κ3) is 3.40. The minimum Gasteiger partial charge on any atom is -0.507 e. The van der Waals surface area contributed by atoms with Gasteiger partial charge in [-0.05, 0) is 49.8 Å². The predicted molar refractivity (Wildman–Crippen MR) is 118 cm³/mol. The first kappa shape index (κ1) is 19.2. The van der Waals surface area contributed by atoms with Crippen molar-refractivity contribution in [1.82, 2.24) is 25.3 Å². The van der Waals surface area contributed by atoms with Gasteiger partial charge < -0.3 is 15.3 Å². The molecule has 1 aromatic carbocycles. The molecular formula is C22H25FN6OS. The van der Waals surface area contributed by atoms with Gasteiger partial charge in [0.2, 0.25) is 5.13 Å². The average molecular weight is 441 g/mol. The Morgan fingerprint density at radius 1 is 1.19 bits per heavy atom. The monoisotopic (exact) mass is 440 g/mol. The van der Waals surface area contributed by atoms with Gasteiger partial charge in [0.15, 0.2) is 5.01 Å². The van der Waals surface area contributed by atoms with Crippen molar-refractivity contribution in [2.45, 2.75) is 62.4 Å². The van der Waals surface area contributed by atoms with Crippen LogP contribution >= 0.6 is 11.3 Å². The van der Waals surface area contributed by atoms with Gasteiger partial charge in [-0.3, -0.25) is 4.68 Å². The number of fused-ring (bicyclic) bond motifs is 2. The van der Waals surface area contributed by atoms with E-state index in [4.69, 9.17) is 0 Å². The highest BCUT2D eigenvalue weighted by molar-refractivity contribution is 7.18. The van der Waals surface area contributed by atoms with Crippen LogP contribution in [0, 0.1) is 0 Å². The molecule has 2 saturated heterocycles. The molecule has 6 rings (SSSR count). The van der Waals surface area contributed by atoms with Crippen LogP contribution in [-0.4, -0.2) is 55.4 Å². The van der Waals surface area contributed by atoms with E-state index in [2.05, 4.69) is 25.5 Å². The minimum atomic E-state index is -0.890. The first-order valence-corrected chi connectivity index (χ1v) is 11.7. The topological polar surface area (TPSA) is 79.1 Å². The molecule has 7 nitrogen and oxygen atoms in total. The number of nitrogens with zero attached hydrogens (tertiary/aromatic N) is 5. The van der Waals surface area contributed by atoms with Gasteiger partial charge in [0, 0.05) is 36.9 Å². The molecule has 2 N–H and O–H groups in total. The average Bonchev–Trinajstić information content (AvgIpc) is 3.13. The second kappa shape index (κ2) is 7.27. The van der Waals surface area contributed by atoms with Crippen LogP contribution in [0.25, 0.3) is 21.7 Å². The van der Waals surface area contributed by atoms with Crippen LogP contribution in [0.15, 0.2) is 30.6 Å². The third-order valence-electron chi connectivity index (χ3n) is 6.75. The number of aryl methyl sites for hydroxylation is 1. The van der Waals surface area contributed by atoms with E-state index in [-0.39, 0.29) is 17.8 Å². The Balaban J connectivity index is 1.29. The quantitative estimate of drug-likeness (QED) is 0.632. The number of hydrogen-bond acceptors (Lipinski definition) is 7. The SMILES string of the molecule is Cn1cc(-c2ccc(-c3nnc(N(C4CC4)[C@H]4CC5CCC(N5)[C@H]4F)s3)c(O)c2)cn1.